The van der Waals surface area contributed by atoms with Gasteiger partial charge in [0.1, 0.15) is 22.3 Å². The molecule has 7 aromatic carbocycles. The molecule has 3 nitrogen and oxygen atoms in total. The summed E-state index contributed by atoms with van der Waals surface area (Å²) in [6, 6.07) is 53.2. The zero-order chi connectivity index (χ0) is 28.3. The van der Waals surface area contributed by atoms with Gasteiger partial charge in [-0.15, -0.1) is 0 Å². The van der Waals surface area contributed by atoms with Gasteiger partial charge >= 0.3 is 0 Å². The lowest BCUT2D eigenvalue weighted by molar-refractivity contribution is 0.669. The highest BCUT2D eigenvalue weighted by molar-refractivity contribution is 6.08. The van der Waals surface area contributed by atoms with Crippen LogP contribution in [0.15, 0.2) is 160 Å². The first-order chi connectivity index (χ1) is 21.3. The SMILES string of the molecule is c1ccc2c(-c3ccc(N(c4ccc5c(c4)oc4ccccc45)c4ccc5c(c4)oc4ccccc45)cc3)cccc2c1. The third kappa shape index (κ3) is 3.83. The van der Waals surface area contributed by atoms with E-state index in [1.165, 1.54) is 21.9 Å². The van der Waals surface area contributed by atoms with Gasteiger partial charge in [0.2, 0.25) is 0 Å². The van der Waals surface area contributed by atoms with Gasteiger partial charge in [-0.1, -0.05) is 91.0 Å². The van der Waals surface area contributed by atoms with Crippen molar-refractivity contribution in [2.24, 2.45) is 0 Å². The first kappa shape index (κ1) is 23.9. The number of hydrogen-bond acceptors (Lipinski definition) is 3. The summed E-state index contributed by atoms with van der Waals surface area (Å²) in [5, 5.41) is 6.96. The van der Waals surface area contributed by atoms with E-state index < -0.39 is 0 Å². The third-order valence-electron chi connectivity index (χ3n) is 8.47. The van der Waals surface area contributed by atoms with Gasteiger partial charge < -0.3 is 13.7 Å². The summed E-state index contributed by atoms with van der Waals surface area (Å²) in [4.78, 5) is 2.27. The molecule has 0 bridgehead atoms. The van der Waals surface area contributed by atoms with Crippen molar-refractivity contribution in [1.29, 1.82) is 0 Å². The quantitative estimate of drug-likeness (QED) is 0.218. The van der Waals surface area contributed by atoms with Gasteiger partial charge in [0.05, 0.1) is 0 Å². The van der Waals surface area contributed by atoms with Crippen molar-refractivity contribution in [2.75, 3.05) is 4.90 Å². The molecule has 0 aliphatic heterocycles. The summed E-state index contributed by atoms with van der Waals surface area (Å²) in [7, 11) is 0. The van der Waals surface area contributed by atoms with Crippen LogP contribution in [0.25, 0.3) is 65.8 Å². The van der Waals surface area contributed by atoms with Crippen LogP contribution in [-0.4, -0.2) is 0 Å². The fourth-order valence-corrected chi connectivity index (χ4v) is 6.42. The van der Waals surface area contributed by atoms with Crippen LogP contribution in [0.4, 0.5) is 17.1 Å². The second-order valence-electron chi connectivity index (χ2n) is 11.0. The van der Waals surface area contributed by atoms with E-state index in [1.54, 1.807) is 0 Å². The Bertz CT molecular complexity index is 2350. The van der Waals surface area contributed by atoms with Crippen LogP contribution in [0.3, 0.4) is 0 Å². The number of furan rings is 2. The maximum atomic E-state index is 6.30. The minimum atomic E-state index is 0.862. The summed E-state index contributed by atoms with van der Waals surface area (Å²) >= 11 is 0. The molecule has 202 valence electrons. The number of rotatable bonds is 4. The summed E-state index contributed by atoms with van der Waals surface area (Å²) in [6.45, 7) is 0. The summed E-state index contributed by atoms with van der Waals surface area (Å²) in [6.07, 6.45) is 0. The lowest BCUT2D eigenvalue weighted by Crippen LogP contribution is -2.09. The molecule has 0 N–H and O–H groups in total. The molecule has 0 saturated carbocycles. The Morgan fingerprint density at radius 2 is 0.837 bits per heavy atom. The second kappa shape index (κ2) is 9.37. The highest BCUT2D eigenvalue weighted by Gasteiger charge is 2.18. The van der Waals surface area contributed by atoms with Gasteiger partial charge in [0.25, 0.3) is 0 Å². The molecule has 2 aromatic heterocycles. The largest absolute Gasteiger partial charge is 0.456 e. The average molecular weight is 552 g/mol. The van der Waals surface area contributed by atoms with Gasteiger partial charge in [-0.25, -0.2) is 0 Å². The van der Waals surface area contributed by atoms with Crippen LogP contribution in [0, 0.1) is 0 Å². The monoisotopic (exact) mass is 551 g/mol. The second-order valence-corrected chi connectivity index (χ2v) is 11.0. The Labute approximate surface area is 247 Å². The van der Waals surface area contributed by atoms with Gasteiger partial charge in [-0.2, -0.15) is 0 Å². The van der Waals surface area contributed by atoms with Crippen LogP contribution in [-0.2, 0) is 0 Å². The van der Waals surface area contributed by atoms with Crippen LogP contribution in [0.1, 0.15) is 0 Å². The molecule has 9 aromatic rings. The Balaban J connectivity index is 1.22. The molecular formula is C40H25NO2. The molecule has 0 radical (unpaired) electrons. The van der Waals surface area contributed by atoms with E-state index in [-0.39, 0.29) is 0 Å². The standard InChI is InChI=1S/C40H25NO2/c1-2-10-31-26(8-1)9-7-13-32(31)27-16-18-28(19-17-27)41(29-20-22-35-33-11-3-5-14-37(33)42-39(35)24-29)30-21-23-36-34-12-4-6-15-38(34)43-40(36)25-30/h1-25H. The van der Waals surface area contributed by atoms with Crippen molar-refractivity contribution in [1.82, 2.24) is 0 Å². The van der Waals surface area contributed by atoms with E-state index in [0.29, 0.717) is 0 Å². The lowest BCUT2D eigenvalue weighted by atomic mass is 9.98. The number of para-hydroxylation sites is 2. The Hall–Kier alpha value is -5.80. The summed E-state index contributed by atoms with van der Waals surface area (Å²) < 4.78 is 12.6. The minimum absolute atomic E-state index is 0.862. The Morgan fingerprint density at radius 1 is 0.349 bits per heavy atom. The van der Waals surface area contributed by atoms with Gasteiger partial charge in [-0.3, -0.25) is 0 Å². The van der Waals surface area contributed by atoms with Gasteiger partial charge in [0, 0.05) is 50.7 Å². The van der Waals surface area contributed by atoms with E-state index in [9.17, 15) is 0 Å². The molecule has 0 aliphatic carbocycles. The third-order valence-corrected chi connectivity index (χ3v) is 8.47. The van der Waals surface area contributed by atoms with Crippen LogP contribution in [0.2, 0.25) is 0 Å². The average Bonchev–Trinajstić information content (AvgIpc) is 3.62. The highest BCUT2D eigenvalue weighted by atomic mass is 16.3. The van der Waals surface area contributed by atoms with Crippen LogP contribution < -0.4 is 4.90 Å². The van der Waals surface area contributed by atoms with Crippen molar-refractivity contribution < 1.29 is 8.83 Å². The molecule has 0 spiro atoms. The molecule has 0 atom stereocenters. The normalized spacial score (nSPS) is 11.7. The molecule has 0 unspecified atom stereocenters. The minimum Gasteiger partial charge on any atom is -0.456 e. The smallest absolute Gasteiger partial charge is 0.137 e. The van der Waals surface area contributed by atoms with Crippen molar-refractivity contribution in [3.63, 3.8) is 0 Å². The first-order valence-electron chi connectivity index (χ1n) is 14.5. The van der Waals surface area contributed by atoms with Gasteiger partial charge in [-0.05, 0) is 70.4 Å². The lowest BCUT2D eigenvalue weighted by Gasteiger charge is -2.25. The molecule has 0 aliphatic rings. The predicted molar refractivity (Wildman–Crippen MR) is 179 cm³/mol. The summed E-state index contributed by atoms with van der Waals surface area (Å²) in [5.74, 6) is 0. The van der Waals surface area contributed by atoms with E-state index in [4.69, 9.17) is 8.83 Å². The number of benzene rings is 7. The van der Waals surface area contributed by atoms with E-state index in [1.807, 2.05) is 24.3 Å². The fourth-order valence-electron chi connectivity index (χ4n) is 6.42. The topological polar surface area (TPSA) is 29.5 Å². The molecule has 0 saturated heterocycles. The molecular weight excluding hydrogens is 526 g/mol. The molecule has 3 heteroatoms. The molecule has 43 heavy (non-hydrogen) atoms. The maximum Gasteiger partial charge on any atom is 0.137 e. The van der Waals surface area contributed by atoms with E-state index in [0.717, 1.165) is 60.9 Å². The van der Waals surface area contributed by atoms with E-state index in [2.05, 4.69) is 132 Å². The van der Waals surface area contributed by atoms with Crippen molar-refractivity contribution in [2.45, 2.75) is 0 Å². The number of nitrogens with zero attached hydrogens (tertiary/aromatic N) is 1. The molecule has 0 amide bonds. The maximum absolute atomic E-state index is 6.30. The van der Waals surface area contributed by atoms with E-state index >= 15 is 0 Å². The van der Waals surface area contributed by atoms with Crippen molar-refractivity contribution in [3.05, 3.63) is 152 Å². The molecule has 0 fully saturated rings. The zero-order valence-electron chi connectivity index (χ0n) is 23.2. The van der Waals surface area contributed by atoms with Crippen LogP contribution in [0.5, 0.6) is 0 Å². The molecule has 9 rings (SSSR count). The fraction of sp³-hybridized carbons (Fsp3) is 0. The van der Waals surface area contributed by atoms with Gasteiger partial charge in [0.15, 0.2) is 0 Å². The zero-order valence-corrected chi connectivity index (χ0v) is 23.2. The van der Waals surface area contributed by atoms with Crippen molar-refractivity contribution in [3.8, 4) is 11.1 Å². The highest BCUT2D eigenvalue weighted by Crippen LogP contribution is 2.41. The first-order valence-corrected chi connectivity index (χ1v) is 14.5. The molecule has 2 heterocycles. The number of anilines is 3. The van der Waals surface area contributed by atoms with Crippen LogP contribution >= 0.6 is 0 Å². The predicted octanol–water partition coefficient (Wildman–Crippen LogP) is 11.8. The van der Waals surface area contributed by atoms with Crippen molar-refractivity contribution >= 4 is 71.7 Å². The number of hydrogen-bond donors (Lipinski definition) is 0. The summed E-state index contributed by atoms with van der Waals surface area (Å²) in [5.41, 5.74) is 9.00. The Morgan fingerprint density at radius 3 is 1.47 bits per heavy atom. The number of fused-ring (bicyclic) bond motifs is 7. The Kier molecular flexibility index (Phi) is 5.20.